The molecular formula is C14H20N2O2. The van der Waals surface area contributed by atoms with Crippen molar-refractivity contribution in [2.45, 2.75) is 6.42 Å². The van der Waals surface area contributed by atoms with E-state index in [0.29, 0.717) is 6.61 Å². The highest BCUT2D eigenvalue weighted by atomic mass is 16.6. The van der Waals surface area contributed by atoms with Gasteiger partial charge in [-0.2, -0.15) is 0 Å². The second-order valence-corrected chi connectivity index (χ2v) is 4.26. The number of ether oxygens (including phenoxy) is 1. The molecule has 0 radical (unpaired) electrons. The predicted octanol–water partition coefficient (Wildman–Crippen LogP) is 1.56. The van der Waals surface area contributed by atoms with Gasteiger partial charge < -0.3 is 9.57 Å². The minimum Gasteiger partial charge on any atom is -0.395 e. The van der Waals surface area contributed by atoms with Crippen LogP contribution in [0.15, 0.2) is 35.5 Å². The van der Waals surface area contributed by atoms with Gasteiger partial charge in [-0.1, -0.05) is 35.5 Å². The zero-order valence-corrected chi connectivity index (χ0v) is 10.6. The molecule has 1 aliphatic rings. The quantitative estimate of drug-likeness (QED) is 0.435. The van der Waals surface area contributed by atoms with Crippen LogP contribution in [0.4, 0.5) is 0 Å². The lowest BCUT2D eigenvalue weighted by Crippen LogP contribution is -2.38. The predicted molar refractivity (Wildman–Crippen MR) is 71.8 cm³/mol. The first-order chi connectivity index (χ1) is 8.95. The van der Waals surface area contributed by atoms with Crippen molar-refractivity contribution in [3.05, 3.63) is 35.9 Å². The largest absolute Gasteiger partial charge is 0.395 e. The Morgan fingerprint density at radius 2 is 2.00 bits per heavy atom. The number of rotatable bonds is 6. The maximum absolute atomic E-state index is 5.28. The van der Waals surface area contributed by atoms with Crippen LogP contribution in [0, 0.1) is 0 Å². The molecule has 0 amide bonds. The molecule has 0 bridgehead atoms. The lowest BCUT2D eigenvalue weighted by Gasteiger charge is -2.25. The molecular weight excluding hydrogens is 228 g/mol. The third-order valence-electron chi connectivity index (χ3n) is 2.92. The number of benzene rings is 1. The van der Waals surface area contributed by atoms with Gasteiger partial charge in [-0.3, -0.25) is 4.90 Å². The fourth-order valence-electron chi connectivity index (χ4n) is 1.86. The highest BCUT2D eigenvalue weighted by molar-refractivity contribution is 5.60. The number of hydrogen-bond donors (Lipinski definition) is 0. The van der Waals surface area contributed by atoms with Crippen LogP contribution in [0.2, 0.25) is 0 Å². The highest BCUT2D eigenvalue weighted by Gasteiger charge is 2.09. The monoisotopic (exact) mass is 248 g/mol. The van der Waals surface area contributed by atoms with Gasteiger partial charge in [-0.05, 0) is 5.56 Å². The summed E-state index contributed by atoms with van der Waals surface area (Å²) in [5, 5.41) is 3.97. The van der Waals surface area contributed by atoms with Gasteiger partial charge in [0.1, 0.15) is 6.61 Å². The van der Waals surface area contributed by atoms with E-state index in [4.69, 9.17) is 9.57 Å². The lowest BCUT2D eigenvalue weighted by atomic mass is 10.2. The van der Waals surface area contributed by atoms with Crippen LogP contribution in [-0.4, -0.2) is 50.6 Å². The van der Waals surface area contributed by atoms with Crippen molar-refractivity contribution >= 4 is 6.21 Å². The van der Waals surface area contributed by atoms with E-state index in [0.717, 1.165) is 39.3 Å². The summed E-state index contributed by atoms with van der Waals surface area (Å²) in [7, 11) is 0. The SMILES string of the molecule is C(Cc1ccccc1)=NOCCN1CCOCC1. The summed E-state index contributed by atoms with van der Waals surface area (Å²) in [6.45, 7) is 5.22. The molecule has 1 aromatic carbocycles. The summed E-state index contributed by atoms with van der Waals surface area (Å²) in [6.07, 6.45) is 2.63. The molecule has 1 saturated heterocycles. The fourth-order valence-corrected chi connectivity index (χ4v) is 1.86. The Balaban J connectivity index is 1.55. The van der Waals surface area contributed by atoms with Gasteiger partial charge in [-0.15, -0.1) is 0 Å². The van der Waals surface area contributed by atoms with Gasteiger partial charge in [-0.25, -0.2) is 0 Å². The van der Waals surface area contributed by atoms with Crippen LogP contribution >= 0.6 is 0 Å². The average Bonchev–Trinajstić information content (AvgIpc) is 2.45. The summed E-state index contributed by atoms with van der Waals surface area (Å²) in [5.41, 5.74) is 1.25. The zero-order chi connectivity index (χ0) is 12.5. The molecule has 2 rings (SSSR count). The Labute approximate surface area is 108 Å². The number of morpholine rings is 1. The Morgan fingerprint density at radius 1 is 1.22 bits per heavy atom. The lowest BCUT2D eigenvalue weighted by molar-refractivity contribution is 0.0213. The number of hydrogen-bond acceptors (Lipinski definition) is 4. The topological polar surface area (TPSA) is 34.1 Å². The summed E-state index contributed by atoms with van der Waals surface area (Å²) in [5.74, 6) is 0. The van der Waals surface area contributed by atoms with Crippen LogP contribution in [0.1, 0.15) is 5.56 Å². The molecule has 0 spiro atoms. The van der Waals surface area contributed by atoms with Crippen LogP contribution in [-0.2, 0) is 16.0 Å². The molecule has 0 saturated carbocycles. The van der Waals surface area contributed by atoms with Gasteiger partial charge in [0, 0.05) is 32.3 Å². The maximum Gasteiger partial charge on any atom is 0.129 e. The second-order valence-electron chi connectivity index (χ2n) is 4.26. The summed E-state index contributed by atoms with van der Waals surface area (Å²) >= 11 is 0. The third-order valence-corrected chi connectivity index (χ3v) is 2.92. The molecule has 0 atom stereocenters. The van der Waals surface area contributed by atoms with Crippen molar-refractivity contribution < 1.29 is 9.57 Å². The first kappa shape index (κ1) is 13.1. The zero-order valence-electron chi connectivity index (χ0n) is 10.6. The molecule has 4 nitrogen and oxygen atoms in total. The van der Waals surface area contributed by atoms with E-state index >= 15 is 0 Å². The molecule has 1 heterocycles. The normalized spacial score (nSPS) is 17.1. The van der Waals surface area contributed by atoms with E-state index in [1.54, 1.807) is 0 Å². The van der Waals surface area contributed by atoms with E-state index in [9.17, 15) is 0 Å². The molecule has 0 aliphatic carbocycles. The third kappa shape index (κ3) is 4.85. The first-order valence-electron chi connectivity index (χ1n) is 6.43. The van der Waals surface area contributed by atoms with Crippen molar-refractivity contribution in [3.63, 3.8) is 0 Å². The van der Waals surface area contributed by atoms with Gasteiger partial charge in [0.15, 0.2) is 0 Å². The van der Waals surface area contributed by atoms with E-state index in [2.05, 4.69) is 22.2 Å². The molecule has 1 fully saturated rings. The van der Waals surface area contributed by atoms with Crippen molar-refractivity contribution in [2.24, 2.45) is 5.16 Å². The van der Waals surface area contributed by atoms with E-state index in [1.807, 2.05) is 24.4 Å². The van der Waals surface area contributed by atoms with Crippen LogP contribution in [0.3, 0.4) is 0 Å². The van der Waals surface area contributed by atoms with Crippen molar-refractivity contribution in [1.29, 1.82) is 0 Å². The smallest absolute Gasteiger partial charge is 0.129 e. The van der Waals surface area contributed by atoms with Crippen LogP contribution in [0.5, 0.6) is 0 Å². The van der Waals surface area contributed by atoms with Crippen molar-refractivity contribution in [2.75, 3.05) is 39.5 Å². The van der Waals surface area contributed by atoms with Gasteiger partial charge in [0.2, 0.25) is 0 Å². The molecule has 1 aromatic rings. The van der Waals surface area contributed by atoms with E-state index in [-0.39, 0.29) is 0 Å². The van der Waals surface area contributed by atoms with Crippen molar-refractivity contribution in [3.8, 4) is 0 Å². The Kier molecular flexibility index (Phi) is 5.69. The molecule has 4 heteroatoms. The number of oxime groups is 1. The maximum atomic E-state index is 5.28. The first-order valence-corrected chi connectivity index (χ1v) is 6.43. The molecule has 0 aromatic heterocycles. The molecule has 18 heavy (non-hydrogen) atoms. The standard InChI is InChI=1S/C14H20N2O2/c1-2-4-14(5-3-1)6-7-15-18-13-10-16-8-11-17-12-9-16/h1-5,7H,6,8-13H2. The van der Waals surface area contributed by atoms with Gasteiger partial charge in [0.05, 0.1) is 13.2 Å². The molecule has 0 unspecified atom stereocenters. The van der Waals surface area contributed by atoms with Crippen LogP contribution in [0.25, 0.3) is 0 Å². The second kappa shape index (κ2) is 7.84. The fraction of sp³-hybridized carbons (Fsp3) is 0.500. The molecule has 98 valence electrons. The van der Waals surface area contributed by atoms with E-state index < -0.39 is 0 Å². The molecule has 0 N–H and O–H groups in total. The Bertz CT molecular complexity index is 348. The van der Waals surface area contributed by atoms with Gasteiger partial charge >= 0.3 is 0 Å². The Morgan fingerprint density at radius 3 is 2.78 bits per heavy atom. The summed E-state index contributed by atoms with van der Waals surface area (Å²) < 4.78 is 5.28. The highest BCUT2D eigenvalue weighted by Crippen LogP contribution is 1.98. The van der Waals surface area contributed by atoms with Crippen LogP contribution < -0.4 is 0 Å². The average molecular weight is 248 g/mol. The van der Waals surface area contributed by atoms with Crippen molar-refractivity contribution in [1.82, 2.24) is 4.90 Å². The summed E-state index contributed by atoms with van der Waals surface area (Å²) in [6, 6.07) is 10.2. The summed E-state index contributed by atoms with van der Waals surface area (Å²) in [4.78, 5) is 7.57. The minimum absolute atomic E-state index is 0.644. The Hall–Kier alpha value is -1.39. The minimum atomic E-state index is 0.644. The van der Waals surface area contributed by atoms with E-state index in [1.165, 1.54) is 5.56 Å². The molecule has 1 aliphatic heterocycles. The van der Waals surface area contributed by atoms with Gasteiger partial charge in [0.25, 0.3) is 0 Å². The number of nitrogens with zero attached hydrogens (tertiary/aromatic N) is 2.